The molecule has 2 rings (SSSR count). The van der Waals surface area contributed by atoms with Gasteiger partial charge in [-0.15, -0.1) is 0 Å². The highest BCUT2D eigenvalue weighted by Crippen LogP contribution is 2.23. The molecular formula is C18H22ClN3O3. The van der Waals surface area contributed by atoms with E-state index in [1.807, 2.05) is 30.3 Å². The first-order chi connectivity index (χ1) is 12.0. The van der Waals surface area contributed by atoms with Gasteiger partial charge >= 0.3 is 5.97 Å². The van der Waals surface area contributed by atoms with E-state index in [2.05, 4.69) is 15.2 Å². The van der Waals surface area contributed by atoms with Gasteiger partial charge in [0.2, 0.25) is 0 Å². The lowest BCUT2D eigenvalue weighted by Gasteiger charge is -2.06. The van der Waals surface area contributed by atoms with Gasteiger partial charge in [-0.3, -0.25) is 9.59 Å². The highest BCUT2D eigenvalue weighted by molar-refractivity contribution is 6.33. The molecule has 1 N–H and O–H groups in total. The summed E-state index contributed by atoms with van der Waals surface area (Å²) in [5, 5.41) is 7.51. The van der Waals surface area contributed by atoms with Gasteiger partial charge in [-0.25, -0.2) is 4.68 Å². The van der Waals surface area contributed by atoms with Gasteiger partial charge in [-0.2, -0.15) is 5.10 Å². The Balaban J connectivity index is 1.90. The van der Waals surface area contributed by atoms with Crippen molar-refractivity contribution >= 4 is 23.5 Å². The smallest absolute Gasteiger partial charge is 0.305 e. The second-order valence-electron chi connectivity index (χ2n) is 5.64. The maximum atomic E-state index is 12.4. The van der Waals surface area contributed by atoms with Crippen LogP contribution in [0.15, 0.2) is 30.3 Å². The summed E-state index contributed by atoms with van der Waals surface area (Å²) in [7, 11) is 1.38. The van der Waals surface area contributed by atoms with Crippen LogP contribution < -0.4 is 5.32 Å². The summed E-state index contributed by atoms with van der Waals surface area (Å²) >= 11 is 6.36. The average Bonchev–Trinajstić information content (AvgIpc) is 2.92. The van der Waals surface area contributed by atoms with Crippen LogP contribution >= 0.6 is 11.6 Å². The minimum Gasteiger partial charge on any atom is -0.469 e. The molecule has 0 aliphatic carbocycles. The van der Waals surface area contributed by atoms with E-state index in [1.165, 1.54) is 7.11 Å². The predicted octanol–water partition coefficient (Wildman–Crippen LogP) is 3.30. The van der Waals surface area contributed by atoms with Crippen molar-refractivity contribution in [1.29, 1.82) is 0 Å². The number of hydrogen-bond donors (Lipinski definition) is 1. The summed E-state index contributed by atoms with van der Waals surface area (Å²) in [6, 6.07) is 9.43. The first-order valence-corrected chi connectivity index (χ1v) is 8.58. The molecule has 1 aromatic carbocycles. The number of amides is 1. The number of nitrogens with one attached hydrogen (secondary N) is 1. The summed E-state index contributed by atoms with van der Waals surface area (Å²) in [5.74, 6) is -0.447. The number of aromatic nitrogens is 2. The van der Waals surface area contributed by atoms with Gasteiger partial charge in [0, 0.05) is 13.0 Å². The normalized spacial score (nSPS) is 10.5. The first kappa shape index (κ1) is 19.0. The minimum atomic E-state index is -0.238. The zero-order chi connectivity index (χ0) is 18.2. The number of nitrogens with zero attached hydrogens (tertiary/aromatic N) is 2. The molecule has 1 heterocycles. The van der Waals surface area contributed by atoms with Crippen LogP contribution in [0.4, 0.5) is 0 Å². The number of esters is 1. The molecule has 2 aromatic rings. The molecule has 0 aliphatic rings. The van der Waals surface area contributed by atoms with Crippen LogP contribution in [-0.4, -0.2) is 35.3 Å². The van der Waals surface area contributed by atoms with Crippen molar-refractivity contribution in [2.75, 3.05) is 13.7 Å². The van der Waals surface area contributed by atoms with Crippen LogP contribution in [0.25, 0.3) is 5.69 Å². The Kier molecular flexibility index (Phi) is 7.01. The summed E-state index contributed by atoms with van der Waals surface area (Å²) in [5.41, 5.74) is 1.77. The first-order valence-electron chi connectivity index (χ1n) is 8.20. The Morgan fingerprint density at radius 2 is 1.92 bits per heavy atom. The SMILES string of the molecule is COC(=O)CCCCCNC(=O)c1c(C)nn(-c2ccccc2)c1Cl. The van der Waals surface area contributed by atoms with Gasteiger partial charge in [0.15, 0.2) is 0 Å². The van der Waals surface area contributed by atoms with Crippen molar-refractivity contribution in [2.24, 2.45) is 0 Å². The van der Waals surface area contributed by atoms with Gasteiger partial charge in [-0.05, 0) is 31.9 Å². The van der Waals surface area contributed by atoms with Crippen molar-refractivity contribution in [1.82, 2.24) is 15.1 Å². The van der Waals surface area contributed by atoms with E-state index in [0.717, 1.165) is 24.9 Å². The molecule has 134 valence electrons. The third kappa shape index (κ3) is 5.06. The number of para-hydroxylation sites is 1. The number of unbranched alkanes of at least 4 members (excludes halogenated alkanes) is 2. The summed E-state index contributed by atoms with van der Waals surface area (Å²) in [4.78, 5) is 23.4. The molecule has 0 aliphatic heterocycles. The maximum absolute atomic E-state index is 12.4. The van der Waals surface area contributed by atoms with Crippen LogP contribution in [0.3, 0.4) is 0 Å². The quantitative estimate of drug-likeness (QED) is 0.577. The monoisotopic (exact) mass is 363 g/mol. The topological polar surface area (TPSA) is 73.2 Å². The number of benzene rings is 1. The second-order valence-corrected chi connectivity index (χ2v) is 6.00. The highest BCUT2D eigenvalue weighted by Gasteiger charge is 2.20. The number of carbonyl (C=O) groups excluding carboxylic acids is 2. The van der Waals surface area contributed by atoms with Gasteiger partial charge in [0.05, 0.1) is 24.1 Å². The number of rotatable bonds is 8. The van der Waals surface area contributed by atoms with Gasteiger partial charge in [0.1, 0.15) is 5.15 Å². The van der Waals surface area contributed by atoms with Gasteiger partial charge in [-0.1, -0.05) is 36.2 Å². The standard InChI is InChI=1S/C18H22ClN3O3/c1-13-16(17(19)22(21-13)14-9-5-3-6-10-14)18(24)20-12-8-4-7-11-15(23)25-2/h3,5-6,9-10H,4,7-8,11-12H2,1-2H3,(H,20,24). The Morgan fingerprint density at radius 1 is 1.20 bits per heavy atom. The molecular weight excluding hydrogens is 342 g/mol. The Bertz CT molecular complexity index is 729. The number of aryl methyl sites for hydroxylation is 1. The number of ether oxygens (including phenoxy) is 1. The minimum absolute atomic E-state index is 0.209. The van der Waals surface area contributed by atoms with E-state index in [9.17, 15) is 9.59 Å². The molecule has 0 bridgehead atoms. The van der Waals surface area contributed by atoms with E-state index in [1.54, 1.807) is 11.6 Å². The predicted molar refractivity (Wildman–Crippen MR) is 96.1 cm³/mol. The summed E-state index contributed by atoms with van der Waals surface area (Å²) in [6.45, 7) is 2.28. The zero-order valence-electron chi connectivity index (χ0n) is 14.4. The second kappa shape index (κ2) is 9.22. The van der Waals surface area contributed by atoms with Gasteiger partial charge in [0.25, 0.3) is 5.91 Å². The molecule has 0 saturated carbocycles. The lowest BCUT2D eigenvalue weighted by atomic mass is 10.2. The lowest BCUT2D eigenvalue weighted by Crippen LogP contribution is -2.25. The molecule has 0 spiro atoms. The molecule has 7 heteroatoms. The van der Waals surface area contributed by atoms with E-state index in [4.69, 9.17) is 11.6 Å². The zero-order valence-corrected chi connectivity index (χ0v) is 15.2. The third-order valence-corrected chi connectivity index (χ3v) is 4.15. The Labute approximate surface area is 152 Å². The fraction of sp³-hybridized carbons (Fsp3) is 0.389. The van der Waals surface area contributed by atoms with Crippen LogP contribution in [-0.2, 0) is 9.53 Å². The lowest BCUT2D eigenvalue weighted by molar-refractivity contribution is -0.140. The molecule has 25 heavy (non-hydrogen) atoms. The highest BCUT2D eigenvalue weighted by atomic mass is 35.5. The van der Waals surface area contributed by atoms with Gasteiger partial charge < -0.3 is 10.1 Å². The molecule has 0 radical (unpaired) electrons. The number of methoxy groups -OCH3 is 1. The van der Waals surface area contributed by atoms with E-state index in [-0.39, 0.29) is 11.9 Å². The van der Waals surface area contributed by atoms with Crippen molar-refractivity contribution in [3.05, 3.63) is 46.7 Å². The fourth-order valence-electron chi connectivity index (χ4n) is 2.46. The Morgan fingerprint density at radius 3 is 2.60 bits per heavy atom. The largest absolute Gasteiger partial charge is 0.469 e. The molecule has 1 aromatic heterocycles. The van der Waals surface area contributed by atoms with E-state index >= 15 is 0 Å². The van der Waals surface area contributed by atoms with Crippen LogP contribution in [0.2, 0.25) is 5.15 Å². The molecule has 1 amide bonds. The fourth-order valence-corrected chi connectivity index (χ4v) is 2.82. The maximum Gasteiger partial charge on any atom is 0.305 e. The van der Waals surface area contributed by atoms with Crippen molar-refractivity contribution in [2.45, 2.75) is 32.6 Å². The van der Waals surface area contributed by atoms with Crippen LogP contribution in [0.5, 0.6) is 0 Å². The molecule has 0 fully saturated rings. The molecule has 0 saturated heterocycles. The number of hydrogen-bond acceptors (Lipinski definition) is 4. The third-order valence-electron chi connectivity index (χ3n) is 3.80. The summed E-state index contributed by atoms with van der Waals surface area (Å²) in [6.07, 6.45) is 2.77. The van der Waals surface area contributed by atoms with E-state index in [0.29, 0.717) is 29.4 Å². The van der Waals surface area contributed by atoms with Crippen molar-refractivity contribution in [3.63, 3.8) is 0 Å². The molecule has 0 atom stereocenters. The summed E-state index contributed by atoms with van der Waals surface area (Å²) < 4.78 is 6.14. The molecule has 0 unspecified atom stereocenters. The average molecular weight is 364 g/mol. The number of halogens is 1. The van der Waals surface area contributed by atoms with Crippen molar-refractivity contribution in [3.8, 4) is 5.69 Å². The number of carbonyl (C=O) groups is 2. The van der Waals surface area contributed by atoms with E-state index < -0.39 is 0 Å². The van der Waals surface area contributed by atoms with Crippen LogP contribution in [0.1, 0.15) is 41.7 Å². The molecule has 6 nitrogen and oxygen atoms in total. The Hall–Kier alpha value is -2.34. The van der Waals surface area contributed by atoms with Crippen molar-refractivity contribution < 1.29 is 14.3 Å². The van der Waals surface area contributed by atoms with Crippen LogP contribution in [0, 0.1) is 6.92 Å².